The van der Waals surface area contributed by atoms with Crippen LogP contribution in [-0.2, 0) is 15.7 Å². The van der Waals surface area contributed by atoms with Crippen molar-refractivity contribution in [2.45, 2.75) is 52.2 Å². The Morgan fingerprint density at radius 3 is 2.28 bits per heavy atom. The number of aromatic nitrogens is 2. The Balaban J connectivity index is 2.35. The van der Waals surface area contributed by atoms with Crippen molar-refractivity contribution in [3.8, 4) is 0 Å². The third-order valence-electron chi connectivity index (χ3n) is 3.76. The molecule has 6 heteroatoms. The van der Waals surface area contributed by atoms with Gasteiger partial charge >= 0.3 is 7.12 Å². The molecule has 2 rings (SSSR count). The van der Waals surface area contributed by atoms with Crippen LogP contribution in [0.4, 0.5) is 5.95 Å². The van der Waals surface area contributed by atoms with E-state index in [0.29, 0.717) is 0 Å². The highest BCUT2D eigenvalue weighted by Crippen LogP contribution is 2.36. The van der Waals surface area contributed by atoms with Crippen LogP contribution in [0.5, 0.6) is 0 Å². The van der Waals surface area contributed by atoms with Gasteiger partial charge in [-0.25, -0.2) is 9.97 Å². The summed E-state index contributed by atoms with van der Waals surface area (Å²) in [5, 5.41) is 0. The van der Waals surface area contributed by atoms with Crippen molar-refractivity contribution in [3.63, 3.8) is 0 Å². The third-order valence-corrected chi connectivity index (χ3v) is 3.76. The number of hydrogen-bond donors (Lipinski definition) is 1. The van der Waals surface area contributed by atoms with Gasteiger partial charge in [-0.1, -0.05) is 6.92 Å². The Kier molecular flexibility index (Phi) is 3.11. The molecule has 1 aliphatic rings. The van der Waals surface area contributed by atoms with Crippen LogP contribution in [0.25, 0.3) is 0 Å². The van der Waals surface area contributed by atoms with E-state index in [1.807, 2.05) is 34.6 Å². The lowest BCUT2D eigenvalue weighted by Gasteiger charge is -2.32. The van der Waals surface area contributed by atoms with Gasteiger partial charge in [0.25, 0.3) is 0 Å². The highest BCUT2D eigenvalue weighted by molar-refractivity contribution is 6.62. The molecule has 0 aromatic carbocycles. The van der Waals surface area contributed by atoms with Crippen molar-refractivity contribution in [3.05, 3.63) is 11.9 Å². The van der Waals surface area contributed by atoms with Crippen LogP contribution < -0.4 is 11.2 Å². The highest BCUT2D eigenvalue weighted by Gasteiger charge is 2.52. The zero-order valence-corrected chi connectivity index (χ0v) is 11.7. The molecule has 0 radical (unpaired) electrons. The summed E-state index contributed by atoms with van der Waals surface area (Å²) in [6, 6.07) is 0. The topological polar surface area (TPSA) is 70.3 Å². The number of anilines is 1. The number of nitrogens with two attached hydrogens (primary N) is 1. The molecule has 5 nitrogen and oxygen atoms in total. The van der Waals surface area contributed by atoms with Gasteiger partial charge in [-0.3, -0.25) is 0 Å². The zero-order chi connectivity index (χ0) is 13.6. The molecular weight excluding hydrogens is 229 g/mol. The Bertz CT molecular complexity index is 447. The molecule has 1 saturated heterocycles. The van der Waals surface area contributed by atoms with E-state index < -0.39 is 7.12 Å². The van der Waals surface area contributed by atoms with Crippen molar-refractivity contribution in [2.24, 2.45) is 0 Å². The second-order valence-corrected chi connectivity index (χ2v) is 5.57. The number of nitrogens with zero attached hydrogens (tertiary/aromatic N) is 2. The van der Waals surface area contributed by atoms with E-state index in [2.05, 4.69) is 9.97 Å². The molecule has 0 bridgehead atoms. The summed E-state index contributed by atoms with van der Waals surface area (Å²) in [5.74, 6) is 0.284. The van der Waals surface area contributed by atoms with Gasteiger partial charge in [-0.2, -0.15) is 0 Å². The van der Waals surface area contributed by atoms with E-state index in [4.69, 9.17) is 15.0 Å². The summed E-state index contributed by atoms with van der Waals surface area (Å²) in [4.78, 5) is 8.27. The van der Waals surface area contributed by atoms with E-state index in [1.54, 1.807) is 6.20 Å². The van der Waals surface area contributed by atoms with Crippen LogP contribution in [-0.4, -0.2) is 28.3 Å². The largest absolute Gasteiger partial charge is 0.498 e. The number of nitrogen functional groups attached to an aromatic ring is 1. The highest BCUT2D eigenvalue weighted by atomic mass is 16.7. The molecule has 1 aromatic rings. The van der Waals surface area contributed by atoms with Crippen molar-refractivity contribution in [2.75, 3.05) is 5.73 Å². The molecule has 2 N–H and O–H groups in total. The maximum atomic E-state index is 5.99. The molecule has 18 heavy (non-hydrogen) atoms. The molecule has 1 aliphatic heterocycles. The predicted octanol–water partition coefficient (Wildman–Crippen LogP) is 0.920. The number of hydrogen-bond acceptors (Lipinski definition) is 5. The first-order chi connectivity index (χ1) is 8.27. The Labute approximate surface area is 108 Å². The fraction of sp³-hybridized carbons (Fsp3) is 0.667. The monoisotopic (exact) mass is 249 g/mol. The molecule has 98 valence electrons. The van der Waals surface area contributed by atoms with Gasteiger partial charge < -0.3 is 15.0 Å². The summed E-state index contributed by atoms with van der Waals surface area (Å²) in [6.07, 6.45) is 2.47. The molecule has 0 spiro atoms. The molecule has 0 unspecified atom stereocenters. The minimum atomic E-state index is -0.425. The molecule has 0 saturated carbocycles. The third kappa shape index (κ3) is 2.10. The van der Waals surface area contributed by atoms with Gasteiger partial charge in [0.05, 0.1) is 11.2 Å². The van der Waals surface area contributed by atoms with Crippen molar-refractivity contribution < 1.29 is 9.31 Å². The standard InChI is InChI=1S/C12H20BN3O2/c1-6-9-8(7-15-10(14)16-9)13-17-11(2,3)12(4,5)18-13/h7H,6H2,1-5H3,(H2,14,15,16). The molecule has 1 aromatic heterocycles. The lowest BCUT2D eigenvalue weighted by atomic mass is 9.78. The van der Waals surface area contributed by atoms with E-state index in [0.717, 1.165) is 17.6 Å². The van der Waals surface area contributed by atoms with Gasteiger partial charge in [0.15, 0.2) is 0 Å². The first kappa shape index (κ1) is 13.3. The van der Waals surface area contributed by atoms with Crippen LogP contribution in [0, 0.1) is 0 Å². The minimum Gasteiger partial charge on any atom is -0.399 e. The van der Waals surface area contributed by atoms with Crippen LogP contribution in [0.1, 0.15) is 40.3 Å². The van der Waals surface area contributed by atoms with Crippen LogP contribution in [0.2, 0.25) is 0 Å². The molecular formula is C12H20BN3O2. The summed E-state index contributed by atoms with van der Waals surface area (Å²) in [5.41, 5.74) is 6.63. The quantitative estimate of drug-likeness (QED) is 0.789. The van der Waals surface area contributed by atoms with E-state index >= 15 is 0 Å². The smallest absolute Gasteiger partial charge is 0.399 e. The average Bonchev–Trinajstić information content (AvgIpc) is 2.47. The fourth-order valence-corrected chi connectivity index (χ4v) is 1.89. The Morgan fingerprint density at radius 2 is 1.78 bits per heavy atom. The van der Waals surface area contributed by atoms with Gasteiger partial charge in [0, 0.05) is 17.4 Å². The zero-order valence-electron chi connectivity index (χ0n) is 11.7. The van der Waals surface area contributed by atoms with Crippen molar-refractivity contribution >= 4 is 18.5 Å². The molecule has 1 fully saturated rings. The second kappa shape index (κ2) is 4.21. The first-order valence-electron chi connectivity index (χ1n) is 6.24. The minimum absolute atomic E-state index is 0.284. The SMILES string of the molecule is CCc1nc(N)ncc1B1OC(C)(C)C(C)(C)O1. The first-order valence-corrected chi connectivity index (χ1v) is 6.24. The van der Waals surface area contributed by atoms with Gasteiger partial charge in [0.2, 0.25) is 5.95 Å². The fourth-order valence-electron chi connectivity index (χ4n) is 1.89. The summed E-state index contributed by atoms with van der Waals surface area (Å²) in [6.45, 7) is 10.1. The molecule has 0 amide bonds. The molecule has 0 atom stereocenters. The van der Waals surface area contributed by atoms with Crippen molar-refractivity contribution in [1.29, 1.82) is 0 Å². The summed E-state index contributed by atoms with van der Waals surface area (Å²) >= 11 is 0. The van der Waals surface area contributed by atoms with Gasteiger partial charge in [-0.15, -0.1) is 0 Å². The Morgan fingerprint density at radius 1 is 1.22 bits per heavy atom. The van der Waals surface area contributed by atoms with E-state index in [-0.39, 0.29) is 17.2 Å². The lowest BCUT2D eigenvalue weighted by Crippen LogP contribution is -2.41. The second-order valence-electron chi connectivity index (χ2n) is 5.57. The van der Waals surface area contributed by atoms with Crippen LogP contribution >= 0.6 is 0 Å². The average molecular weight is 249 g/mol. The lowest BCUT2D eigenvalue weighted by molar-refractivity contribution is 0.00578. The van der Waals surface area contributed by atoms with Gasteiger partial charge in [0.1, 0.15) is 0 Å². The number of aryl methyl sites for hydroxylation is 1. The normalized spacial score (nSPS) is 21.3. The maximum Gasteiger partial charge on any atom is 0.498 e. The van der Waals surface area contributed by atoms with Crippen LogP contribution in [0.3, 0.4) is 0 Å². The number of rotatable bonds is 2. The van der Waals surface area contributed by atoms with Crippen molar-refractivity contribution in [1.82, 2.24) is 9.97 Å². The molecule has 0 aliphatic carbocycles. The van der Waals surface area contributed by atoms with Gasteiger partial charge in [-0.05, 0) is 34.1 Å². The maximum absolute atomic E-state index is 5.99. The summed E-state index contributed by atoms with van der Waals surface area (Å²) in [7, 11) is -0.425. The van der Waals surface area contributed by atoms with E-state index in [1.165, 1.54) is 0 Å². The molecule has 2 heterocycles. The Hall–Kier alpha value is -1.14. The van der Waals surface area contributed by atoms with E-state index in [9.17, 15) is 0 Å². The van der Waals surface area contributed by atoms with Crippen LogP contribution in [0.15, 0.2) is 6.20 Å². The summed E-state index contributed by atoms with van der Waals surface area (Å²) < 4.78 is 12.0. The predicted molar refractivity (Wildman–Crippen MR) is 71.5 cm³/mol.